The van der Waals surface area contributed by atoms with Crippen molar-refractivity contribution in [2.45, 2.75) is 33.4 Å². The first-order valence-corrected chi connectivity index (χ1v) is 6.85. The van der Waals surface area contributed by atoms with Crippen LogP contribution in [0.3, 0.4) is 0 Å². The second-order valence-corrected chi connectivity index (χ2v) is 4.57. The van der Waals surface area contributed by atoms with Crippen LogP contribution in [0, 0.1) is 5.82 Å². The highest BCUT2D eigenvalue weighted by Gasteiger charge is 2.10. The van der Waals surface area contributed by atoms with Crippen LogP contribution in [0.1, 0.15) is 32.4 Å². The maximum atomic E-state index is 13.8. The largest absolute Gasteiger partial charge is 0.491 e. The van der Waals surface area contributed by atoms with Crippen LogP contribution in [0.5, 0.6) is 5.75 Å². The number of hydrogen-bond donors (Lipinski definition) is 1. The monoisotopic (exact) mass is 277 g/mol. The average molecular weight is 277 g/mol. The number of hydrogen-bond acceptors (Lipinski definition) is 3. The molecule has 0 bridgehead atoms. The molecule has 20 heavy (non-hydrogen) atoms. The van der Waals surface area contributed by atoms with Crippen LogP contribution in [-0.4, -0.2) is 16.4 Å². The number of nitrogens with zero attached hydrogens (tertiary/aromatic N) is 2. The molecule has 0 aliphatic rings. The summed E-state index contributed by atoms with van der Waals surface area (Å²) in [6, 6.07) is 4.97. The number of ether oxygens (including phenoxy) is 1. The molecule has 0 aliphatic heterocycles. The van der Waals surface area contributed by atoms with Crippen molar-refractivity contribution in [3.63, 3.8) is 0 Å². The summed E-state index contributed by atoms with van der Waals surface area (Å²) < 4.78 is 20.8. The molecule has 1 N–H and O–H groups in total. The maximum Gasteiger partial charge on any atom is 0.167 e. The minimum absolute atomic E-state index is 0.0626. The molecule has 0 radical (unpaired) electrons. The van der Waals surface area contributed by atoms with E-state index in [1.807, 2.05) is 43.9 Å². The first-order chi connectivity index (χ1) is 9.63. The van der Waals surface area contributed by atoms with Gasteiger partial charge < -0.3 is 10.1 Å². The van der Waals surface area contributed by atoms with Crippen LogP contribution in [0.25, 0.3) is 0 Å². The summed E-state index contributed by atoms with van der Waals surface area (Å²) >= 11 is 0. The minimum atomic E-state index is -0.353. The lowest BCUT2D eigenvalue weighted by Gasteiger charge is -2.14. The molecule has 5 heteroatoms. The van der Waals surface area contributed by atoms with Gasteiger partial charge in [0.05, 0.1) is 18.8 Å². The van der Waals surface area contributed by atoms with E-state index in [0.29, 0.717) is 6.61 Å². The minimum Gasteiger partial charge on any atom is -0.491 e. The number of anilines is 1. The number of aryl methyl sites for hydroxylation is 1. The van der Waals surface area contributed by atoms with Crippen molar-refractivity contribution in [3.05, 3.63) is 42.0 Å². The molecule has 1 aromatic carbocycles. The number of nitrogens with one attached hydrogen (secondary N) is 1. The van der Waals surface area contributed by atoms with E-state index in [0.717, 1.165) is 17.8 Å². The Morgan fingerprint density at radius 2 is 2.20 bits per heavy atom. The van der Waals surface area contributed by atoms with E-state index in [1.54, 1.807) is 6.07 Å². The molecule has 0 fully saturated rings. The van der Waals surface area contributed by atoms with Crippen LogP contribution >= 0.6 is 0 Å². The van der Waals surface area contributed by atoms with Crippen molar-refractivity contribution in [1.29, 1.82) is 0 Å². The second kappa shape index (κ2) is 6.41. The van der Waals surface area contributed by atoms with E-state index in [9.17, 15) is 4.39 Å². The van der Waals surface area contributed by atoms with E-state index in [-0.39, 0.29) is 17.6 Å². The van der Waals surface area contributed by atoms with Gasteiger partial charge in [0.2, 0.25) is 0 Å². The topological polar surface area (TPSA) is 39.1 Å². The molecule has 1 atom stereocenters. The zero-order valence-corrected chi connectivity index (χ0v) is 12.1. The first-order valence-electron chi connectivity index (χ1n) is 6.85. The molecular weight excluding hydrogens is 257 g/mol. The predicted octanol–water partition coefficient (Wildman–Crippen LogP) is 3.61. The fraction of sp³-hybridized carbons (Fsp3) is 0.400. The van der Waals surface area contributed by atoms with Gasteiger partial charge in [-0.25, -0.2) is 4.39 Å². The van der Waals surface area contributed by atoms with Crippen LogP contribution in [0.15, 0.2) is 30.6 Å². The van der Waals surface area contributed by atoms with E-state index in [2.05, 4.69) is 10.4 Å². The van der Waals surface area contributed by atoms with E-state index >= 15 is 0 Å². The zero-order chi connectivity index (χ0) is 14.5. The Bertz CT molecular complexity index is 568. The molecule has 0 saturated heterocycles. The molecule has 2 aromatic rings. The molecule has 4 nitrogen and oxygen atoms in total. The zero-order valence-electron chi connectivity index (χ0n) is 12.1. The van der Waals surface area contributed by atoms with Crippen molar-refractivity contribution in [2.24, 2.45) is 0 Å². The summed E-state index contributed by atoms with van der Waals surface area (Å²) in [7, 11) is 0. The Balaban J connectivity index is 2.07. The fourth-order valence-corrected chi connectivity index (χ4v) is 1.97. The number of benzene rings is 1. The summed E-state index contributed by atoms with van der Waals surface area (Å²) in [5, 5.41) is 7.49. The van der Waals surface area contributed by atoms with Gasteiger partial charge in [0.1, 0.15) is 0 Å². The van der Waals surface area contributed by atoms with Gasteiger partial charge in [0.15, 0.2) is 11.6 Å². The summed E-state index contributed by atoms with van der Waals surface area (Å²) in [6.45, 7) is 7.18. The summed E-state index contributed by atoms with van der Waals surface area (Å²) in [5.41, 5.74) is 1.80. The summed E-state index contributed by atoms with van der Waals surface area (Å²) in [5.74, 6) is -0.0715. The molecule has 0 amide bonds. The molecule has 2 rings (SSSR count). The van der Waals surface area contributed by atoms with Crippen molar-refractivity contribution >= 4 is 5.69 Å². The normalized spacial score (nSPS) is 12.2. The van der Waals surface area contributed by atoms with Crippen LogP contribution in [0.4, 0.5) is 10.1 Å². The van der Waals surface area contributed by atoms with Gasteiger partial charge in [0, 0.05) is 30.1 Å². The van der Waals surface area contributed by atoms with Crippen molar-refractivity contribution in [3.8, 4) is 5.75 Å². The van der Waals surface area contributed by atoms with Gasteiger partial charge in [-0.2, -0.15) is 5.10 Å². The third-order valence-corrected chi connectivity index (χ3v) is 3.09. The Morgan fingerprint density at radius 1 is 1.40 bits per heavy atom. The van der Waals surface area contributed by atoms with Crippen LogP contribution < -0.4 is 10.1 Å². The molecule has 0 aliphatic carbocycles. The van der Waals surface area contributed by atoms with Gasteiger partial charge in [-0.1, -0.05) is 0 Å². The van der Waals surface area contributed by atoms with E-state index < -0.39 is 0 Å². The van der Waals surface area contributed by atoms with Gasteiger partial charge in [-0.15, -0.1) is 0 Å². The highest BCUT2D eigenvalue weighted by molar-refractivity contribution is 5.48. The predicted molar refractivity (Wildman–Crippen MR) is 77.5 cm³/mol. The smallest absolute Gasteiger partial charge is 0.167 e. The molecule has 0 saturated carbocycles. The third kappa shape index (κ3) is 3.29. The van der Waals surface area contributed by atoms with Gasteiger partial charge in [-0.3, -0.25) is 4.68 Å². The number of halogens is 1. The van der Waals surface area contributed by atoms with E-state index in [1.165, 1.54) is 6.07 Å². The molecule has 1 aromatic heterocycles. The highest BCUT2D eigenvalue weighted by atomic mass is 19.1. The Labute approximate surface area is 118 Å². The number of rotatable bonds is 6. The summed E-state index contributed by atoms with van der Waals surface area (Å²) in [6.07, 6.45) is 3.81. The van der Waals surface area contributed by atoms with Crippen LogP contribution in [0.2, 0.25) is 0 Å². The fourth-order valence-electron chi connectivity index (χ4n) is 1.97. The lowest BCUT2D eigenvalue weighted by molar-refractivity contribution is 0.321. The molecule has 1 unspecified atom stereocenters. The molecular formula is C15H20FN3O. The second-order valence-electron chi connectivity index (χ2n) is 4.57. The Hall–Kier alpha value is -2.04. The molecule has 1 heterocycles. The van der Waals surface area contributed by atoms with Crippen molar-refractivity contribution in [2.75, 3.05) is 11.9 Å². The standard InChI is InChI=1S/C15H20FN3O/c1-4-19-10-12(9-17-19)11(3)18-13-6-7-15(20-5-2)14(16)8-13/h6-11,18H,4-5H2,1-3H3. The average Bonchev–Trinajstić information content (AvgIpc) is 2.91. The Kier molecular flexibility index (Phi) is 4.61. The molecule has 0 spiro atoms. The third-order valence-electron chi connectivity index (χ3n) is 3.09. The highest BCUT2D eigenvalue weighted by Crippen LogP contribution is 2.24. The van der Waals surface area contributed by atoms with E-state index in [4.69, 9.17) is 4.74 Å². The number of aromatic nitrogens is 2. The Morgan fingerprint density at radius 3 is 2.80 bits per heavy atom. The maximum absolute atomic E-state index is 13.8. The van der Waals surface area contributed by atoms with Gasteiger partial charge >= 0.3 is 0 Å². The van der Waals surface area contributed by atoms with Gasteiger partial charge in [0.25, 0.3) is 0 Å². The van der Waals surface area contributed by atoms with Crippen molar-refractivity contribution < 1.29 is 9.13 Å². The lowest BCUT2D eigenvalue weighted by Crippen LogP contribution is -2.06. The van der Waals surface area contributed by atoms with Crippen LogP contribution in [-0.2, 0) is 6.54 Å². The quantitative estimate of drug-likeness (QED) is 0.876. The molecule has 108 valence electrons. The first kappa shape index (κ1) is 14.4. The van der Waals surface area contributed by atoms with Gasteiger partial charge in [-0.05, 0) is 32.9 Å². The summed E-state index contributed by atoms with van der Waals surface area (Å²) in [4.78, 5) is 0. The van der Waals surface area contributed by atoms with Crippen molar-refractivity contribution in [1.82, 2.24) is 9.78 Å². The lowest BCUT2D eigenvalue weighted by atomic mass is 10.2. The SMILES string of the molecule is CCOc1ccc(NC(C)c2cnn(CC)c2)cc1F.